The van der Waals surface area contributed by atoms with Crippen LogP contribution in [-0.4, -0.2) is 54.0 Å². The van der Waals surface area contributed by atoms with Gasteiger partial charge < -0.3 is 23.7 Å². The van der Waals surface area contributed by atoms with Crippen molar-refractivity contribution in [2.75, 3.05) is 6.61 Å². The van der Waals surface area contributed by atoms with Crippen LogP contribution in [0.2, 0.25) is 0 Å². The second-order valence-electron chi connectivity index (χ2n) is 11.5. The Balaban J connectivity index is 1.33. The van der Waals surface area contributed by atoms with Gasteiger partial charge in [0.2, 0.25) is 11.8 Å². The quantitative estimate of drug-likeness (QED) is 0.164. The minimum atomic E-state index is -1.02. The predicted molar refractivity (Wildman–Crippen MR) is 171 cm³/mol. The largest absolute Gasteiger partial charge is 0.374 e. The van der Waals surface area contributed by atoms with Crippen molar-refractivity contribution in [3.8, 4) is 0 Å². The first-order valence-electron chi connectivity index (χ1n) is 15.7. The number of imide groups is 1. The maximum absolute atomic E-state index is 13.2. The number of hydrogen-bond donors (Lipinski definition) is 0. The zero-order valence-electron chi connectivity index (χ0n) is 25.7. The van der Waals surface area contributed by atoms with E-state index < -0.39 is 30.6 Å². The molecule has 8 nitrogen and oxygen atoms in total. The van der Waals surface area contributed by atoms with Gasteiger partial charge >= 0.3 is 0 Å². The summed E-state index contributed by atoms with van der Waals surface area (Å²) in [6, 6.07) is 39.4. The van der Waals surface area contributed by atoms with Crippen LogP contribution in [0.4, 0.5) is 0 Å². The Kier molecular flexibility index (Phi) is 11.0. The molecule has 8 heteroatoms. The molecule has 0 aromatic heterocycles. The Morgan fingerprint density at radius 2 is 0.913 bits per heavy atom. The molecular formula is C38H39NO7. The summed E-state index contributed by atoms with van der Waals surface area (Å²) < 4.78 is 32.8. The van der Waals surface area contributed by atoms with Gasteiger partial charge in [-0.1, -0.05) is 121 Å². The highest BCUT2D eigenvalue weighted by Crippen LogP contribution is 2.34. The highest BCUT2D eigenvalue weighted by atomic mass is 16.6. The summed E-state index contributed by atoms with van der Waals surface area (Å²) in [6.07, 6.45) is -3.63. The van der Waals surface area contributed by atoms with E-state index in [4.69, 9.17) is 23.7 Å². The van der Waals surface area contributed by atoms with E-state index in [-0.39, 0.29) is 44.5 Å². The molecule has 6 rings (SSSR count). The van der Waals surface area contributed by atoms with Crippen molar-refractivity contribution in [1.29, 1.82) is 0 Å². The number of hydrogen-bond acceptors (Lipinski definition) is 7. The minimum Gasteiger partial charge on any atom is -0.374 e. The molecule has 46 heavy (non-hydrogen) atoms. The van der Waals surface area contributed by atoms with Crippen molar-refractivity contribution in [2.45, 2.75) is 69.9 Å². The molecule has 2 heterocycles. The average Bonchev–Trinajstić information content (AvgIpc) is 3.44. The molecule has 2 amide bonds. The van der Waals surface area contributed by atoms with Gasteiger partial charge in [-0.15, -0.1) is 0 Å². The van der Waals surface area contributed by atoms with Crippen molar-refractivity contribution >= 4 is 11.8 Å². The van der Waals surface area contributed by atoms with Crippen LogP contribution in [0, 0.1) is 0 Å². The zero-order chi connectivity index (χ0) is 31.6. The molecule has 238 valence electrons. The number of amides is 2. The normalized spacial score (nSPS) is 23.1. The van der Waals surface area contributed by atoms with Gasteiger partial charge in [0.15, 0.2) is 6.23 Å². The molecule has 2 aliphatic rings. The molecule has 2 saturated heterocycles. The van der Waals surface area contributed by atoms with Crippen LogP contribution in [0.5, 0.6) is 0 Å². The van der Waals surface area contributed by atoms with Crippen LogP contribution in [0.3, 0.4) is 0 Å². The third-order valence-corrected chi connectivity index (χ3v) is 8.20. The number of likely N-dealkylation sites (tertiary alicyclic amines) is 1. The molecule has 2 fully saturated rings. The van der Waals surface area contributed by atoms with Crippen molar-refractivity contribution in [1.82, 2.24) is 4.90 Å². The van der Waals surface area contributed by atoms with E-state index in [9.17, 15) is 9.59 Å². The Hall–Kier alpha value is -4.18. The molecule has 4 aromatic rings. The topological polar surface area (TPSA) is 83.5 Å². The maximum atomic E-state index is 13.2. The lowest BCUT2D eigenvalue weighted by Crippen LogP contribution is -2.66. The Morgan fingerprint density at radius 1 is 0.522 bits per heavy atom. The van der Waals surface area contributed by atoms with Crippen LogP contribution in [0.15, 0.2) is 121 Å². The zero-order valence-corrected chi connectivity index (χ0v) is 25.7. The Bertz CT molecular complexity index is 1500. The maximum Gasteiger partial charge on any atom is 0.231 e. The fourth-order valence-corrected chi connectivity index (χ4v) is 5.85. The van der Waals surface area contributed by atoms with E-state index in [1.165, 1.54) is 4.90 Å². The van der Waals surface area contributed by atoms with E-state index in [1.807, 2.05) is 121 Å². The van der Waals surface area contributed by atoms with E-state index in [1.54, 1.807) is 0 Å². The first kappa shape index (κ1) is 31.8. The van der Waals surface area contributed by atoms with Crippen LogP contribution < -0.4 is 0 Å². The lowest BCUT2D eigenvalue weighted by atomic mass is 9.96. The fourth-order valence-electron chi connectivity index (χ4n) is 5.85. The van der Waals surface area contributed by atoms with Crippen molar-refractivity contribution in [2.24, 2.45) is 0 Å². The number of ether oxygens (including phenoxy) is 5. The van der Waals surface area contributed by atoms with Gasteiger partial charge in [0.05, 0.1) is 33.0 Å². The number of carbonyl (C=O) groups is 2. The monoisotopic (exact) mass is 621 g/mol. The van der Waals surface area contributed by atoms with Gasteiger partial charge in [-0.2, -0.15) is 0 Å². The molecule has 0 spiro atoms. The summed E-state index contributed by atoms with van der Waals surface area (Å²) in [5, 5.41) is 0. The second kappa shape index (κ2) is 15.9. The number of benzene rings is 4. The number of rotatable bonds is 14. The molecule has 0 bridgehead atoms. The van der Waals surface area contributed by atoms with E-state index in [0.717, 1.165) is 22.3 Å². The molecule has 0 saturated carbocycles. The van der Waals surface area contributed by atoms with Crippen molar-refractivity contribution in [3.63, 3.8) is 0 Å². The molecule has 0 aliphatic carbocycles. The summed E-state index contributed by atoms with van der Waals surface area (Å²) in [4.78, 5) is 27.5. The standard InChI is InChI=1S/C38H39NO7/c40-33-21-22-34(41)39(33)38-37(45-26-31-19-11-4-12-20-31)36(44-25-30-17-9-3-10-18-30)35(43-24-29-15-7-2-8-16-29)32(46-38)27-42-23-28-13-5-1-6-14-28/h1-20,32,35-38H,21-27H2/t32-,35-,36+,37-,38-/m1/s1. The molecule has 0 radical (unpaired) electrons. The molecule has 2 aliphatic heterocycles. The average molecular weight is 622 g/mol. The fraction of sp³-hybridized carbons (Fsp3) is 0.316. The van der Waals surface area contributed by atoms with E-state index in [2.05, 4.69) is 0 Å². The summed E-state index contributed by atoms with van der Waals surface area (Å²) in [5.74, 6) is -0.588. The lowest BCUT2D eigenvalue weighted by molar-refractivity contribution is -0.293. The highest BCUT2D eigenvalue weighted by molar-refractivity contribution is 6.02. The van der Waals surface area contributed by atoms with Crippen molar-refractivity contribution in [3.05, 3.63) is 144 Å². The molecule has 0 unspecified atom stereocenters. The minimum absolute atomic E-state index is 0.128. The highest BCUT2D eigenvalue weighted by Gasteiger charge is 2.53. The third-order valence-electron chi connectivity index (χ3n) is 8.20. The first-order chi connectivity index (χ1) is 22.7. The van der Waals surface area contributed by atoms with Gasteiger partial charge in [0.25, 0.3) is 0 Å². The van der Waals surface area contributed by atoms with Gasteiger partial charge in [-0.05, 0) is 22.3 Å². The second-order valence-corrected chi connectivity index (χ2v) is 11.5. The van der Waals surface area contributed by atoms with Gasteiger partial charge in [-0.25, -0.2) is 0 Å². The van der Waals surface area contributed by atoms with Crippen LogP contribution >= 0.6 is 0 Å². The Morgan fingerprint density at radius 3 is 1.37 bits per heavy atom. The van der Waals surface area contributed by atoms with Crippen LogP contribution in [0.25, 0.3) is 0 Å². The third kappa shape index (κ3) is 8.15. The van der Waals surface area contributed by atoms with E-state index >= 15 is 0 Å². The Labute approximate surface area is 269 Å². The summed E-state index contributed by atoms with van der Waals surface area (Å²) in [6.45, 7) is 1.31. The van der Waals surface area contributed by atoms with E-state index in [0.29, 0.717) is 13.2 Å². The summed E-state index contributed by atoms with van der Waals surface area (Å²) >= 11 is 0. The van der Waals surface area contributed by atoms with Gasteiger partial charge in [0.1, 0.15) is 24.4 Å². The molecule has 0 N–H and O–H groups in total. The number of carbonyl (C=O) groups excluding carboxylic acids is 2. The number of nitrogens with zero attached hydrogens (tertiary/aromatic N) is 1. The molecule has 5 atom stereocenters. The lowest BCUT2D eigenvalue weighted by Gasteiger charge is -2.48. The van der Waals surface area contributed by atoms with Crippen molar-refractivity contribution < 1.29 is 33.3 Å². The summed E-state index contributed by atoms with van der Waals surface area (Å²) in [7, 11) is 0. The predicted octanol–water partition coefficient (Wildman–Crippen LogP) is 5.83. The SMILES string of the molecule is O=C1CCC(=O)N1[C@@H]1O[C@H](COCc2ccccc2)[C@@H](OCc2ccccc2)[C@H](OCc2ccccc2)[C@H]1OCc1ccccc1. The molecule has 4 aromatic carbocycles. The smallest absolute Gasteiger partial charge is 0.231 e. The van der Waals surface area contributed by atoms with Gasteiger partial charge in [-0.3, -0.25) is 14.5 Å². The van der Waals surface area contributed by atoms with Gasteiger partial charge in [0, 0.05) is 12.8 Å². The first-order valence-corrected chi connectivity index (χ1v) is 15.7. The van der Waals surface area contributed by atoms with Crippen LogP contribution in [0.1, 0.15) is 35.1 Å². The summed E-state index contributed by atoms with van der Waals surface area (Å²) in [5.41, 5.74) is 3.92. The molecular weight excluding hydrogens is 582 g/mol. The van der Waals surface area contributed by atoms with Crippen LogP contribution in [-0.2, 0) is 59.7 Å².